The standard InChI is InChI=1S/C38H79N2O6P/c1-6-8-10-12-14-15-16-17-18-19-20-21-22-23-24-26-27-29-31-37(41)36(35-46-47(43,44)45-34-33-40(3,4)5)39-38(42)32-30-28-25-13-11-9-7-2/h36-37,41H,6-35H2,1-5H3,(H-,39,42,43,44). The minimum absolute atomic E-state index is 0.0153. The molecule has 0 aliphatic carbocycles. The van der Waals surface area contributed by atoms with E-state index in [-0.39, 0.29) is 19.1 Å². The first kappa shape index (κ1) is 46.5. The molecule has 0 spiro atoms. The molecule has 47 heavy (non-hydrogen) atoms. The van der Waals surface area contributed by atoms with Gasteiger partial charge in [-0.3, -0.25) is 9.36 Å². The van der Waals surface area contributed by atoms with E-state index >= 15 is 0 Å². The van der Waals surface area contributed by atoms with Crippen LogP contribution in [0.25, 0.3) is 0 Å². The SMILES string of the molecule is CCCCCCCCCCCCCCCCCCCCC(O)C(COP(=O)([O-])OCC[N+](C)(C)C)NC(=O)CCCCCCCCC. The first-order valence-electron chi connectivity index (χ1n) is 19.9. The van der Waals surface area contributed by atoms with Crippen LogP contribution in [0.15, 0.2) is 0 Å². The van der Waals surface area contributed by atoms with E-state index in [1.807, 2.05) is 21.1 Å². The monoisotopic (exact) mass is 691 g/mol. The van der Waals surface area contributed by atoms with Crippen molar-refractivity contribution < 1.29 is 32.9 Å². The van der Waals surface area contributed by atoms with Gasteiger partial charge in [-0.25, -0.2) is 0 Å². The van der Waals surface area contributed by atoms with Gasteiger partial charge in [-0.05, 0) is 12.8 Å². The van der Waals surface area contributed by atoms with Crippen molar-refractivity contribution in [3.05, 3.63) is 0 Å². The van der Waals surface area contributed by atoms with E-state index in [2.05, 4.69) is 19.2 Å². The number of likely N-dealkylation sites (N-methyl/N-ethyl adjacent to an activating group) is 1. The number of amides is 1. The predicted octanol–water partition coefficient (Wildman–Crippen LogP) is 9.61. The number of nitrogens with one attached hydrogen (secondary N) is 1. The first-order valence-corrected chi connectivity index (χ1v) is 21.3. The van der Waals surface area contributed by atoms with Gasteiger partial charge in [-0.1, -0.05) is 168 Å². The largest absolute Gasteiger partial charge is 0.756 e. The molecule has 282 valence electrons. The summed E-state index contributed by atoms with van der Waals surface area (Å²) in [5.74, 6) is -0.171. The second kappa shape index (κ2) is 31.5. The molecule has 0 radical (unpaired) electrons. The van der Waals surface area contributed by atoms with Gasteiger partial charge in [0.25, 0.3) is 7.82 Å². The summed E-state index contributed by atoms with van der Waals surface area (Å²) in [6.07, 6.45) is 31.2. The normalized spacial score (nSPS) is 14.6. The lowest BCUT2D eigenvalue weighted by Crippen LogP contribution is -2.46. The molecular formula is C38H79N2O6P. The zero-order valence-corrected chi connectivity index (χ0v) is 32.6. The number of hydrogen-bond donors (Lipinski definition) is 2. The van der Waals surface area contributed by atoms with E-state index in [0.717, 1.165) is 38.5 Å². The van der Waals surface area contributed by atoms with Gasteiger partial charge >= 0.3 is 0 Å². The average Bonchev–Trinajstić information content (AvgIpc) is 3.01. The molecule has 3 unspecified atom stereocenters. The summed E-state index contributed by atoms with van der Waals surface area (Å²) >= 11 is 0. The topological polar surface area (TPSA) is 108 Å². The molecule has 0 aromatic heterocycles. The van der Waals surface area contributed by atoms with Crippen LogP contribution in [0.1, 0.15) is 187 Å². The van der Waals surface area contributed by atoms with Crippen molar-refractivity contribution >= 4 is 13.7 Å². The second-order valence-electron chi connectivity index (χ2n) is 15.0. The Balaban J connectivity index is 4.27. The minimum Gasteiger partial charge on any atom is -0.756 e. The fourth-order valence-corrected chi connectivity index (χ4v) is 6.59. The van der Waals surface area contributed by atoms with Crippen molar-refractivity contribution in [1.82, 2.24) is 5.32 Å². The summed E-state index contributed by atoms with van der Waals surface area (Å²) in [4.78, 5) is 25.0. The third-order valence-electron chi connectivity index (χ3n) is 9.10. The van der Waals surface area contributed by atoms with E-state index in [4.69, 9.17) is 9.05 Å². The average molecular weight is 691 g/mol. The van der Waals surface area contributed by atoms with Crippen LogP contribution >= 0.6 is 7.82 Å². The van der Waals surface area contributed by atoms with Crippen LogP contribution in [-0.2, 0) is 18.4 Å². The summed E-state index contributed by atoms with van der Waals surface area (Å²) in [6, 6.07) is -0.790. The number of rotatable bonds is 36. The molecule has 0 aromatic rings. The molecule has 0 aromatic carbocycles. The molecular weight excluding hydrogens is 611 g/mol. The molecule has 0 heterocycles. The quantitative estimate of drug-likeness (QED) is 0.0385. The van der Waals surface area contributed by atoms with Crippen molar-refractivity contribution in [3.63, 3.8) is 0 Å². The van der Waals surface area contributed by atoms with Crippen LogP contribution in [-0.4, -0.2) is 68.5 Å². The lowest BCUT2D eigenvalue weighted by atomic mass is 10.0. The van der Waals surface area contributed by atoms with Gasteiger partial charge in [0.05, 0.1) is 39.9 Å². The number of aliphatic hydroxyl groups excluding tert-OH is 1. The summed E-state index contributed by atoms with van der Waals surface area (Å²) in [6.45, 7) is 4.67. The van der Waals surface area contributed by atoms with Crippen LogP contribution in [0, 0.1) is 0 Å². The molecule has 8 nitrogen and oxygen atoms in total. The molecule has 0 rings (SSSR count). The second-order valence-corrected chi connectivity index (χ2v) is 16.4. The minimum atomic E-state index is -4.54. The fourth-order valence-electron chi connectivity index (χ4n) is 5.86. The number of hydrogen-bond acceptors (Lipinski definition) is 6. The molecule has 0 aliphatic heterocycles. The smallest absolute Gasteiger partial charge is 0.268 e. The zero-order valence-electron chi connectivity index (χ0n) is 31.8. The number of aliphatic hydroxyl groups is 1. The third kappa shape index (κ3) is 33.8. The van der Waals surface area contributed by atoms with Gasteiger partial charge in [0, 0.05) is 6.42 Å². The number of carbonyl (C=O) groups excluding carboxylic acids is 1. The maximum Gasteiger partial charge on any atom is 0.268 e. The van der Waals surface area contributed by atoms with Gasteiger partial charge in [0.2, 0.25) is 5.91 Å². The van der Waals surface area contributed by atoms with E-state index in [9.17, 15) is 19.4 Å². The van der Waals surface area contributed by atoms with Crippen LogP contribution in [0.5, 0.6) is 0 Å². The summed E-state index contributed by atoms with van der Waals surface area (Å²) in [5.41, 5.74) is 0. The molecule has 1 amide bonds. The fraction of sp³-hybridized carbons (Fsp3) is 0.974. The van der Waals surface area contributed by atoms with Crippen molar-refractivity contribution in [2.45, 2.75) is 199 Å². The Kier molecular flexibility index (Phi) is 31.1. The summed E-state index contributed by atoms with van der Waals surface area (Å²) in [7, 11) is 1.31. The Labute approximate surface area is 291 Å². The van der Waals surface area contributed by atoms with Crippen LogP contribution in [0.3, 0.4) is 0 Å². The molecule has 0 bridgehead atoms. The Bertz CT molecular complexity index is 748. The lowest BCUT2D eigenvalue weighted by molar-refractivity contribution is -0.870. The highest BCUT2D eigenvalue weighted by atomic mass is 31.2. The van der Waals surface area contributed by atoms with E-state index < -0.39 is 20.0 Å². The highest BCUT2D eigenvalue weighted by Gasteiger charge is 2.24. The Morgan fingerprint density at radius 3 is 1.45 bits per heavy atom. The number of unbranched alkanes of at least 4 members (excludes halogenated alkanes) is 23. The molecule has 0 fully saturated rings. The Morgan fingerprint density at radius 1 is 0.660 bits per heavy atom. The van der Waals surface area contributed by atoms with E-state index in [1.54, 1.807) is 0 Å². The lowest BCUT2D eigenvalue weighted by Gasteiger charge is -2.30. The van der Waals surface area contributed by atoms with Crippen LogP contribution < -0.4 is 10.2 Å². The molecule has 3 atom stereocenters. The Hall–Kier alpha value is -0.500. The number of carbonyl (C=O) groups is 1. The Morgan fingerprint density at radius 2 is 1.04 bits per heavy atom. The predicted molar refractivity (Wildman–Crippen MR) is 196 cm³/mol. The van der Waals surface area contributed by atoms with Gasteiger partial charge < -0.3 is 28.8 Å². The third-order valence-corrected chi connectivity index (χ3v) is 10.1. The molecule has 0 saturated carbocycles. The zero-order chi connectivity index (χ0) is 35.1. The highest BCUT2D eigenvalue weighted by Crippen LogP contribution is 2.38. The number of phosphoric ester groups is 1. The van der Waals surface area contributed by atoms with Crippen LogP contribution in [0.4, 0.5) is 0 Å². The van der Waals surface area contributed by atoms with Gasteiger partial charge in [0.1, 0.15) is 13.2 Å². The van der Waals surface area contributed by atoms with Crippen molar-refractivity contribution in [2.24, 2.45) is 0 Å². The summed E-state index contributed by atoms with van der Waals surface area (Å²) in [5, 5.41) is 13.8. The van der Waals surface area contributed by atoms with Crippen molar-refractivity contribution in [2.75, 3.05) is 40.9 Å². The van der Waals surface area contributed by atoms with Crippen LogP contribution in [0.2, 0.25) is 0 Å². The van der Waals surface area contributed by atoms with Gasteiger partial charge in [-0.15, -0.1) is 0 Å². The molecule has 0 saturated heterocycles. The van der Waals surface area contributed by atoms with E-state index in [1.165, 1.54) is 122 Å². The van der Waals surface area contributed by atoms with E-state index in [0.29, 0.717) is 23.9 Å². The number of phosphoric acid groups is 1. The number of nitrogens with zero attached hydrogens (tertiary/aromatic N) is 1. The summed E-state index contributed by atoms with van der Waals surface area (Å²) < 4.78 is 23.1. The maximum absolute atomic E-state index is 12.7. The van der Waals surface area contributed by atoms with Gasteiger partial charge in [-0.2, -0.15) is 0 Å². The van der Waals surface area contributed by atoms with Gasteiger partial charge in [0.15, 0.2) is 0 Å². The first-order chi connectivity index (χ1) is 22.5. The molecule has 9 heteroatoms. The molecule has 2 N–H and O–H groups in total. The van der Waals surface area contributed by atoms with Crippen molar-refractivity contribution in [1.29, 1.82) is 0 Å². The highest BCUT2D eigenvalue weighted by molar-refractivity contribution is 7.45. The van der Waals surface area contributed by atoms with Crippen molar-refractivity contribution in [3.8, 4) is 0 Å². The molecule has 0 aliphatic rings. The number of quaternary nitrogens is 1. The maximum atomic E-state index is 12.7.